The summed E-state index contributed by atoms with van der Waals surface area (Å²) in [4.78, 5) is 12.5. The van der Waals surface area contributed by atoms with E-state index in [4.69, 9.17) is 4.42 Å². The molecule has 0 bridgehead atoms. The van der Waals surface area contributed by atoms with E-state index in [9.17, 15) is 4.79 Å². The molecule has 0 aliphatic heterocycles. The Hall–Kier alpha value is -1.55. The van der Waals surface area contributed by atoms with Crippen LogP contribution in [0.4, 0.5) is 0 Å². The largest absolute Gasteiger partial charge is 0.466 e. The first-order valence-electron chi connectivity index (χ1n) is 6.91. The normalized spacial score (nSPS) is 11.5. The molecular weight excluding hydrogens is 330 g/mol. The number of halogens is 1. The fraction of sp³-hybridized carbons (Fsp3) is 0.353. The Morgan fingerprint density at radius 2 is 1.86 bits per heavy atom. The monoisotopic (exact) mass is 349 g/mol. The lowest BCUT2D eigenvalue weighted by Crippen LogP contribution is -2.39. The molecule has 0 spiro atoms. The number of benzene rings is 1. The van der Waals surface area contributed by atoms with E-state index in [1.165, 1.54) is 0 Å². The number of hydrogen-bond donors (Lipinski definition) is 1. The summed E-state index contributed by atoms with van der Waals surface area (Å²) >= 11 is 3.41. The Balaban J connectivity index is 2.08. The van der Waals surface area contributed by atoms with Crippen molar-refractivity contribution in [3.8, 4) is 0 Å². The average Bonchev–Trinajstić information content (AvgIpc) is 2.74. The summed E-state index contributed by atoms with van der Waals surface area (Å²) in [7, 11) is 0. The van der Waals surface area contributed by atoms with Crippen molar-refractivity contribution in [2.45, 2.75) is 39.7 Å². The second kappa shape index (κ2) is 6.06. The first-order chi connectivity index (χ1) is 9.80. The van der Waals surface area contributed by atoms with E-state index in [0.29, 0.717) is 6.54 Å². The van der Waals surface area contributed by atoms with Crippen LogP contribution < -0.4 is 5.32 Å². The highest BCUT2D eigenvalue weighted by atomic mass is 79.9. The SMILES string of the molecule is Cc1cc(CNC(=O)C(C)(C)c2ccc(Br)cc2)c(C)o1. The zero-order valence-corrected chi connectivity index (χ0v) is 14.4. The maximum atomic E-state index is 12.5. The van der Waals surface area contributed by atoms with Crippen LogP contribution in [-0.4, -0.2) is 5.91 Å². The molecule has 1 aromatic carbocycles. The van der Waals surface area contributed by atoms with Crippen molar-refractivity contribution in [3.63, 3.8) is 0 Å². The molecule has 0 saturated carbocycles. The minimum absolute atomic E-state index is 0.00285. The number of rotatable bonds is 4. The molecule has 0 aliphatic rings. The predicted molar refractivity (Wildman–Crippen MR) is 87.2 cm³/mol. The molecule has 3 nitrogen and oxygen atoms in total. The molecule has 2 aromatic rings. The van der Waals surface area contributed by atoms with Gasteiger partial charge in [-0.3, -0.25) is 4.79 Å². The molecule has 1 amide bonds. The third kappa shape index (κ3) is 3.56. The quantitative estimate of drug-likeness (QED) is 0.896. The highest BCUT2D eigenvalue weighted by Gasteiger charge is 2.29. The molecule has 0 atom stereocenters. The fourth-order valence-corrected chi connectivity index (χ4v) is 2.52. The van der Waals surface area contributed by atoms with Crippen LogP contribution in [0, 0.1) is 13.8 Å². The molecule has 112 valence electrons. The number of amides is 1. The van der Waals surface area contributed by atoms with Crippen molar-refractivity contribution in [2.24, 2.45) is 0 Å². The minimum Gasteiger partial charge on any atom is -0.466 e. The topological polar surface area (TPSA) is 42.2 Å². The van der Waals surface area contributed by atoms with Crippen LogP contribution >= 0.6 is 15.9 Å². The van der Waals surface area contributed by atoms with E-state index >= 15 is 0 Å². The van der Waals surface area contributed by atoms with Gasteiger partial charge in [0, 0.05) is 16.6 Å². The lowest BCUT2D eigenvalue weighted by Gasteiger charge is -2.24. The number of carbonyl (C=O) groups excluding carboxylic acids is 1. The van der Waals surface area contributed by atoms with Gasteiger partial charge >= 0.3 is 0 Å². The van der Waals surface area contributed by atoms with Gasteiger partial charge in [-0.05, 0) is 51.5 Å². The van der Waals surface area contributed by atoms with Gasteiger partial charge in [-0.1, -0.05) is 28.1 Å². The number of furan rings is 1. The Morgan fingerprint density at radius 3 is 2.38 bits per heavy atom. The lowest BCUT2D eigenvalue weighted by molar-refractivity contribution is -0.125. The predicted octanol–water partition coefficient (Wildman–Crippen LogP) is 4.25. The van der Waals surface area contributed by atoms with Crippen molar-refractivity contribution in [2.75, 3.05) is 0 Å². The van der Waals surface area contributed by atoms with Crippen molar-refractivity contribution in [1.29, 1.82) is 0 Å². The Labute approximate surface area is 133 Å². The van der Waals surface area contributed by atoms with Crippen LogP contribution in [0.15, 0.2) is 39.2 Å². The molecule has 0 aliphatic carbocycles. The zero-order chi connectivity index (χ0) is 15.6. The number of nitrogens with one attached hydrogen (secondary N) is 1. The number of aryl methyl sites for hydroxylation is 2. The summed E-state index contributed by atoms with van der Waals surface area (Å²) in [6.07, 6.45) is 0. The van der Waals surface area contributed by atoms with Crippen LogP contribution in [0.25, 0.3) is 0 Å². The molecule has 4 heteroatoms. The van der Waals surface area contributed by atoms with Crippen LogP contribution in [0.2, 0.25) is 0 Å². The smallest absolute Gasteiger partial charge is 0.230 e. The van der Waals surface area contributed by atoms with Gasteiger partial charge < -0.3 is 9.73 Å². The average molecular weight is 350 g/mol. The first-order valence-corrected chi connectivity index (χ1v) is 7.70. The Morgan fingerprint density at radius 1 is 1.24 bits per heavy atom. The van der Waals surface area contributed by atoms with Gasteiger partial charge in [0.25, 0.3) is 0 Å². The molecule has 0 radical (unpaired) electrons. The van der Waals surface area contributed by atoms with Gasteiger partial charge in [0.1, 0.15) is 11.5 Å². The van der Waals surface area contributed by atoms with Crippen molar-refractivity contribution >= 4 is 21.8 Å². The third-order valence-corrected chi connectivity index (χ3v) is 4.25. The molecule has 1 aromatic heterocycles. The first kappa shape index (κ1) is 15.8. The van der Waals surface area contributed by atoms with Crippen LogP contribution in [0.5, 0.6) is 0 Å². The van der Waals surface area contributed by atoms with Crippen molar-refractivity contribution in [3.05, 3.63) is 57.5 Å². The Bertz CT molecular complexity index is 641. The summed E-state index contributed by atoms with van der Waals surface area (Å²) in [6.45, 7) is 8.17. The number of carbonyl (C=O) groups is 1. The summed E-state index contributed by atoms with van der Waals surface area (Å²) < 4.78 is 6.48. The maximum Gasteiger partial charge on any atom is 0.230 e. The second-order valence-corrected chi connectivity index (χ2v) is 6.67. The minimum atomic E-state index is -0.576. The second-order valence-electron chi connectivity index (χ2n) is 5.75. The van der Waals surface area contributed by atoms with E-state index in [1.54, 1.807) is 0 Å². The zero-order valence-electron chi connectivity index (χ0n) is 12.8. The summed E-state index contributed by atoms with van der Waals surface area (Å²) in [6, 6.07) is 9.80. The van der Waals surface area contributed by atoms with Gasteiger partial charge in [-0.15, -0.1) is 0 Å². The third-order valence-electron chi connectivity index (χ3n) is 3.72. The van der Waals surface area contributed by atoms with Gasteiger partial charge in [-0.2, -0.15) is 0 Å². The highest BCUT2D eigenvalue weighted by molar-refractivity contribution is 9.10. The molecule has 2 rings (SSSR count). The highest BCUT2D eigenvalue weighted by Crippen LogP contribution is 2.25. The maximum absolute atomic E-state index is 12.5. The van der Waals surface area contributed by atoms with E-state index in [2.05, 4.69) is 21.2 Å². The van der Waals surface area contributed by atoms with E-state index < -0.39 is 5.41 Å². The molecule has 0 fully saturated rings. The van der Waals surface area contributed by atoms with Gasteiger partial charge in [0.05, 0.1) is 5.41 Å². The molecule has 1 N–H and O–H groups in total. The molecule has 0 unspecified atom stereocenters. The summed E-state index contributed by atoms with van der Waals surface area (Å²) in [5, 5.41) is 3.00. The van der Waals surface area contributed by atoms with Crippen LogP contribution in [0.3, 0.4) is 0 Å². The van der Waals surface area contributed by atoms with Gasteiger partial charge in [0.2, 0.25) is 5.91 Å². The molecular formula is C17H20BrNO2. The number of hydrogen-bond acceptors (Lipinski definition) is 2. The van der Waals surface area contributed by atoms with E-state index in [-0.39, 0.29) is 5.91 Å². The van der Waals surface area contributed by atoms with Crippen LogP contribution in [-0.2, 0) is 16.8 Å². The molecule has 1 heterocycles. The molecule has 0 saturated heterocycles. The fourth-order valence-electron chi connectivity index (χ4n) is 2.25. The summed E-state index contributed by atoms with van der Waals surface area (Å²) in [5.74, 6) is 1.72. The van der Waals surface area contributed by atoms with Gasteiger partial charge in [0.15, 0.2) is 0 Å². The Kier molecular flexibility index (Phi) is 4.57. The lowest BCUT2D eigenvalue weighted by atomic mass is 9.84. The summed E-state index contributed by atoms with van der Waals surface area (Å²) in [5.41, 5.74) is 1.43. The standard InChI is InChI=1S/C17H20BrNO2/c1-11-9-13(12(2)21-11)10-19-16(20)17(3,4)14-5-7-15(18)8-6-14/h5-9H,10H2,1-4H3,(H,19,20). The van der Waals surface area contributed by atoms with Gasteiger partial charge in [-0.25, -0.2) is 0 Å². The van der Waals surface area contributed by atoms with Crippen molar-refractivity contribution < 1.29 is 9.21 Å². The van der Waals surface area contributed by atoms with E-state index in [0.717, 1.165) is 27.1 Å². The van der Waals surface area contributed by atoms with Crippen LogP contribution in [0.1, 0.15) is 36.5 Å². The molecule has 21 heavy (non-hydrogen) atoms. The van der Waals surface area contributed by atoms with E-state index in [1.807, 2.05) is 58.0 Å². The van der Waals surface area contributed by atoms with Crippen molar-refractivity contribution in [1.82, 2.24) is 5.32 Å².